The van der Waals surface area contributed by atoms with Crippen LogP contribution in [0.5, 0.6) is 0 Å². The molecule has 0 saturated carbocycles. The Morgan fingerprint density at radius 3 is 2.77 bits per heavy atom. The fourth-order valence-electron chi connectivity index (χ4n) is 3.53. The van der Waals surface area contributed by atoms with E-state index in [1.807, 2.05) is 29.2 Å². The topological polar surface area (TPSA) is 75.9 Å². The molecule has 1 saturated heterocycles. The van der Waals surface area contributed by atoms with Gasteiger partial charge in [-0.3, -0.25) is 4.79 Å². The van der Waals surface area contributed by atoms with Gasteiger partial charge in [0.2, 0.25) is 0 Å². The number of carbonyl (C=O) groups excluding carboxylic acids is 2. The van der Waals surface area contributed by atoms with Crippen molar-refractivity contribution >= 4 is 44.6 Å². The number of carbonyl (C=O) groups is 2. The average Bonchev–Trinajstić information content (AvgIpc) is 3.01. The first-order valence-corrected chi connectivity index (χ1v) is 10.7. The van der Waals surface area contributed by atoms with Crippen LogP contribution in [0.4, 0.5) is 5.82 Å². The first kappa shape index (κ1) is 20.4. The molecule has 2 aromatic heterocycles. The number of halogens is 1. The Morgan fingerprint density at radius 1 is 1.13 bits per heavy atom. The molecule has 0 spiro atoms. The van der Waals surface area contributed by atoms with E-state index in [9.17, 15) is 9.59 Å². The fourth-order valence-corrected chi connectivity index (χ4v) is 3.91. The highest BCUT2D eigenvalue weighted by Crippen LogP contribution is 2.24. The third kappa shape index (κ3) is 4.33. The summed E-state index contributed by atoms with van der Waals surface area (Å²) in [7, 11) is 0. The van der Waals surface area contributed by atoms with Crippen molar-refractivity contribution in [3.05, 3.63) is 58.4 Å². The van der Waals surface area contributed by atoms with Gasteiger partial charge in [0.15, 0.2) is 5.76 Å². The van der Waals surface area contributed by atoms with Crippen molar-refractivity contribution in [2.45, 2.75) is 13.3 Å². The van der Waals surface area contributed by atoms with Crippen LogP contribution in [-0.4, -0.2) is 54.5 Å². The number of esters is 1. The van der Waals surface area contributed by atoms with E-state index in [2.05, 4.69) is 25.8 Å². The highest BCUT2D eigenvalue weighted by molar-refractivity contribution is 9.10. The van der Waals surface area contributed by atoms with E-state index in [-0.39, 0.29) is 11.9 Å². The molecule has 0 aliphatic carbocycles. The van der Waals surface area contributed by atoms with Gasteiger partial charge in [0.05, 0.1) is 12.2 Å². The molecule has 156 valence electrons. The van der Waals surface area contributed by atoms with Crippen LogP contribution in [0.15, 0.2) is 51.5 Å². The van der Waals surface area contributed by atoms with Gasteiger partial charge in [-0.1, -0.05) is 15.9 Å². The Hall–Kier alpha value is -2.87. The van der Waals surface area contributed by atoms with Crippen LogP contribution in [0, 0.1) is 0 Å². The van der Waals surface area contributed by atoms with E-state index in [0.717, 1.165) is 28.6 Å². The van der Waals surface area contributed by atoms with Gasteiger partial charge in [-0.05, 0) is 49.7 Å². The molecule has 30 heavy (non-hydrogen) atoms. The monoisotopic (exact) mass is 471 g/mol. The van der Waals surface area contributed by atoms with E-state index < -0.39 is 0 Å². The zero-order chi connectivity index (χ0) is 21.1. The summed E-state index contributed by atoms with van der Waals surface area (Å²) in [4.78, 5) is 33.1. The maximum Gasteiger partial charge on any atom is 0.339 e. The third-order valence-corrected chi connectivity index (χ3v) is 5.55. The lowest BCUT2D eigenvalue weighted by molar-refractivity contribution is 0.0525. The van der Waals surface area contributed by atoms with Gasteiger partial charge in [-0.2, -0.15) is 0 Å². The van der Waals surface area contributed by atoms with Crippen LogP contribution in [0.1, 0.15) is 34.3 Å². The average molecular weight is 472 g/mol. The van der Waals surface area contributed by atoms with E-state index in [0.29, 0.717) is 43.1 Å². The summed E-state index contributed by atoms with van der Waals surface area (Å²) in [5, 5.41) is 0.898. The number of nitrogens with zero attached hydrogens (tertiary/aromatic N) is 3. The molecule has 3 heterocycles. The lowest BCUT2D eigenvalue weighted by Crippen LogP contribution is -2.35. The number of fused-ring (bicyclic) bond motifs is 1. The number of hydrogen-bond donors (Lipinski definition) is 0. The van der Waals surface area contributed by atoms with Crippen LogP contribution >= 0.6 is 15.9 Å². The summed E-state index contributed by atoms with van der Waals surface area (Å²) in [6, 6.07) is 11.0. The summed E-state index contributed by atoms with van der Waals surface area (Å²) in [6.07, 6.45) is 2.35. The summed E-state index contributed by atoms with van der Waals surface area (Å²) >= 11 is 3.44. The fraction of sp³-hybridized carbons (Fsp3) is 0.318. The summed E-state index contributed by atoms with van der Waals surface area (Å²) in [6.45, 7) is 4.76. The Kier molecular flexibility index (Phi) is 6.03. The molecule has 1 aliphatic heterocycles. The zero-order valence-corrected chi connectivity index (χ0v) is 18.2. The van der Waals surface area contributed by atoms with Gasteiger partial charge in [0.25, 0.3) is 5.91 Å². The maximum atomic E-state index is 13.0. The Balaban J connectivity index is 1.43. The number of aromatic nitrogens is 1. The molecule has 3 aromatic rings. The first-order valence-electron chi connectivity index (χ1n) is 9.91. The molecule has 8 heteroatoms. The van der Waals surface area contributed by atoms with Crippen LogP contribution < -0.4 is 4.90 Å². The molecule has 1 amide bonds. The number of benzene rings is 1. The first-order chi connectivity index (χ1) is 14.5. The predicted octanol–water partition coefficient (Wildman–Crippen LogP) is 4.12. The van der Waals surface area contributed by atoms with Gasteiger partial charge >= 0.3 is 5.97 Å². The predicted molar refractivity (Wildman–Crippen MR) is 117 cm³/mol. The number of hydrogen-bond acceptors (Lipinski definition) is 6. The normalized spacial score (nSPS) is 14.6. The zero-order valence-electron chi connectivity index (χ0n) is 16.6. The van der Waals surface area contributed by atoms with E-state index in [1.54, 1.807) is 19.1 Å². The smallest absolute Gasteiger partial charge is 0.339 e. The minimum atomic E-state index is -0.373. The summed E-state index contributed by atoms with van der Waals surface area (Å²) < 4.78 is 11.7. The molecule has 1 fully saturated rings. The SMILES string of the molecule is CCOC(=O)c1ccc(N2CCCN(C(=O)c3cc4cc(Br)ccc4o3)CC2)nc1. The standard InChI is InChI=1S/C22H22BrN3O4/c1-2-29-22(28)15-4-7-20(24-14-15)25-8-3-9-26(11-10-25)21(27)19-13-16-12-17(23)5-6-18(16)30-19/h4-7,12-14H,2-3,8-11H2,1H3. The molecule has 4 rings (SSSR count). The third-order valence-electron chi connectivity index (χ3n) is 5.06. The molecule has 1 aliphatic rings. The quantitative estimate of drug-likeness (QED) is 0.532. The van der Waals surface area contributed by atoms with Crippen molar-refractivity contribution in [2.75, 3.05) is 37.7 Å². The number of anilines is 1. The Morgan fingerprint density at radius 2 is 2.00 bits per heavy atom. The van der Waals surface area contributed by atoms with E-state index in [1.165, 1.54) is 6.20 Å². The van der Waals surface area contributed by atoms with Crippen LogP contribution in [0.3, 0.4) is 0 Å². The van der Waals surface area contributed by atoms with Crippen molar-refractivity contribution in [3.63, 3.8) is 0 Å². The van der Waals surface area contributed by atoms with Crippen molar-refractivity contribution in [3.8, 4) is 0 Å². The second-order valence-electron chi connectivity index (χ2n) is 7.05. The molecule has 0 atom stereocenters. The maximum absolute atomic E-state index is 13.0. The number of pyridine rings is 1. The van der Waals surface area contributed by atoms with E-state index >= 15 is 0 Å². The highest BCUT2D eigenvalue weighted by Gasteiger charge is 2.23. The molecule has 7 nitrogen and oxygen atoms in total. The van der Waals surface area contributed by atoms with Crippen LogP contribution in [0.2, 0.25) is 0 Å². The second kappa shape index (κ2) is 8.87. The molecule has 0 bridgehead atoms. The molecule has 0 unspecified atom stereocenters. The van der Waals surface area contributed by atoms with Crippen molar-refractivity contribution in [1.82, 2.24) is 9.88 Å². The minimum Gasteiger partial charge on any atom is -0.462 e. The number of rotatable bonds is 4. The molecular formula is C22H22BrN3O4. The molecule has 0 radical (unpaired) electrons. The van der Waals surface area contributed by atoms with Gasteiger partial charge < -0.3 is 19.0 Å². The van der Waals surface area contributed by atoms with Crippen LogP contribution in [0.25, 0.3) is 11.0 Å². The summed E-state index contributed by atoms with van der Waals surface area (Å²) in [5.74, 6) is 0.663. The van der Waals surface area contributed by atoms with E-state index in [4.69, 9.17) is 9.15 Å². The molecular weight excluding hydrogens is 450 g/mol. The van der Waals surface area contributed by atoms with Crippen molar-refractivity contribution in [2.24, 2.45) is 0 Å². The van der Waals surface area contributed by atoms with Crippen molar-refractivity contribution < 1.29 is 18.7 Å². The lowest BCUT2D eigenvalue weighted by Gasteiger charge is -2.22. The summed E-state index contributed by atoms with van der Waals surface area (Å²) in [5.41, 5.74) is 1.13. The second-order valence-corrected chi connectivity index (χ2v) is 7.97. The van der Waals surface area contributed by atoms with Crippen molar-refractivity contribution in [1.29, 1.82) is 0 Å². The lowest BCUT2D eigenvalue weighted by atomic mass is 10.2. The number of amides is 1. The molecule has 1 aromatic carbocycles. The van der Waals surface area contributed by atoms with Gasteiger partial charge in [0.1, 0.15) is 11.4 Å². The largest absolute Gasteiger partial charge is 0.462 e. The van der Waals surface area contributed by atoms with Gasteiger partial charge in [0, 0.05) is 42.2 Å². The van der Waals surface area contributed by atoms with Crippen LogP contribution in [-0.2, 0) is 4.74 Å². The number of furan rings is 1. The number of ether oxygens (including phenoxy) is 1. The Bertz CT molecular complexity index is 1060. The Labute approximate surface area is 182 Å². The van der Waals surface area contributed by atoms with Gasteiger partial charge in [-0.15, -0.1) is 0 Å². The minimum absolute atomic E-state index is 0.102. The van der Waals surface area contributed by atoms with Gasteiger partial charge in [-0.25, -0.2) is 9.78 Å². The highest BCUT2D eigenvalue weighted by atomic mass is 79.9. The molecule has 0 N–H and O–H groups in total.